The second-order valence-electron chi connectivity index (χ2n) is 5.05. The monoisotopic (exact) mass is 295 g/mol. The standard InChI is InChI=1S/C15H21NO3S/c1-10(2)12-5-4-6-13(8-12)16-14(17)9-20-11(3)7-15(18)19/h4-6,8,10-11H,7,9H2,1-3H3,(H,16,17)(H,18,19). The van der Waals surface area contributed by atoms with Crippen molar-refractivity contribution in [2.24, 2.45) is 0 Å². The number of nitrogens with one attached hydrogen (secondary N) is 1. The molecule has 2 N–H and O–H groups in total. The molecule has 0 bridgehead atoms. The van der Waals surface area contributed by atoms with Crippen molar-refractivity contribution in [3.63, 3.8) is 0 Å². The third-order valence-corrected chi connectivity index (χ3v) is 3.96. The average molecular weight is 295 g/mol. The van der Waals surface area contributed by atoms with Gasteiger partial charge in [-0.1, -0.05) is 32.9 Å². The number of carboxylic acid groups (broad SMARTS) is 1. The van der Waals surface area contributed by atoms with E-state index in [4.69, 9.17) is 5.11 Å². The summed E-state index contributed by atoms with van der Waals surface area (Å²) >= 11 is 1.35. The Morgan fingerprint density at radius 2 is 2.00 bits per heavy atom. The molecule has 0 aromatic heterocycles. The number of carbonyl (C=O) groups is 2. The summed E-state index contributed by atoms with van der Waals surface area (Å²) in [5, 5.41) is 11.4. The van der Waals surface area contributed by atoms with Crippen LogP contribution in [0, 0.1) is 0 Å². The number of aliphatic carboxylic acids is 1. The van der Waals surface area contributed by atoms with Crippen molar-refractivity contribution in [1.29, 1.82) is 0 Å². The lowest BCUT2D eigenvalue weighted by Crippen LogP contribution is -2.17. The van der Waals surface area contributed by atoms with Gasteiger partial charge in [-0.2, -0.15) is 0 Å². The van der Waals surface area contributed by atoms with E-state index in [-0.39, 0.29) is 23.3 Å². The number of thioether (sulfide) groups is 1. The first kappa shape index (κ1) is 16.6. The van der Waals surface area contributed by atoms with Crippen molar-refractivity contribution >= 4 is 29.3 Å². The summed E-state index contributed by atoms with van der Waals surface area (Å²) in [5.41, 5.74) is 1.96. The zero-order valence-electron chi connectivity index (χ0n) is 12.1. The van der Waals surface area contributed by atoms with Gasteiger partial charge in [-0.3, -0.25) is 9.59 Å². The van der Waals surface area contributed by atoms with E-state index in [1.807, 2.05) is 31.2 Å². The lowest BCUT2D eigenvalue weighted by atomic mass is 10.0. The Morgan fingerprint density at radius 3 is 2.60 bits per heavy atom. The molecule has 0 fully saturated rings. The molecule has 1 aromatic rings. The van der Waals surface area contributed by atoms with E-state index < -0.39 is 5.97 Å². The third-order valence-electron chi connectivity index (χ3n) is 2.80. The highest BCUT2D eigenvalue weighted by Gasteiger charge is 2.11. The number of benzene rings is 1. The molecule has 110 valence electrons. The van der Waals surface area contributed by atoms with Crippen LogP contribution >= 0.6 is 11.8 Å². The second-order valence-corrected chi connectivity index (χ2v) is 6.47. The van der Waals surface area contributed by atoms with Crippen LogP contribution in [-0.2, 0) is 9.59 Å². The van der Waals surface area contributed by atoms with E-state index in [1.165, 1.54) is 17.3 Å². The Hall–Kier alpha value is -1.49. The van der Waals surface area contributed by atoms with Gasteiger partial charge < -0.3 is 10.4 Å². The Labute approximate surface area is 124 Å². The zero-order chi connectivity index (χ0) is 15.1. The number of carboxylic acids is 1. The summed E-state index contributed by atoms with van der Waals surface area (Å²) in [4.78, 5) is 22.3. The molecule has 5 heteroatoms. The summed E-state index contributed by atoms with van der Waals surface area (Å²) in [6, 6.07) is 7.78. The van der Waals surface area contributed by atoms with Gasteiger partial charge in [-0.25, -0.2) is 0 Å². The van der Waals surface area contributed by atoms with Crippen LogP contribution in [0.1, 0.15) is 38.7 Å². The van der Waals surface area contributed by atoms with Crippen molar-refractivity contribution in [3.8, 4) is 0 Å². The van der Waals surface area contributed by atoms with Crippen LogP contribution in [0.25, 0.3) is 0 Å². The van der Waals surface area contributed by atoms with E-state index in [0.717, 1.165) is 5.69 Å². The van der Waals surface area contributed by atoms with E-state index in [2.05, 4.69) is 19.2 Å². The molecule has 0 radical (unpaired) electrons. The van der Waals surface area contributed by atoms with Crippen molar-refractivity contribution in [2.45, 2.75) is 38.4 Å². The molecular formula is C15H21NO3S. The van der Waals surface area contributed by atoms with Crippen LogP contribution < -0.4 is 5.32 Å². The molecule has 0 saturated carbocycles. The molecule has 1 aromatic carbocycles. The van der Waals surface area contributed by atoms with Crippen LogP contribution in [-0.4, -0.2) is 28.0 Å². The largest absolute Gasteiger partial charge is 0.481 e. The number of amides is 1. The molecule has 0 heterocycles. The minimum absolute atomic E-state index is 0.0692. The topological polar surface area (TPSA) is 66.4 Å². The first-order valence-electron chi connectivity index (χ1n) is 6.61. The van der Waals surface area contributed by atoms with Gasteiger partial charge in [0.25, 0.3) is 0 Å². The molecule has 0 aliphatic heterocycles. The van der Waals surface area contributed by atoms with Crippen molar-refractivity contribution in [1.82, 2.24) is 0 Å². The molecule has 0 aliphatic carbocycles. The van der Waals surface area contributed by atoms with Gasteiger partial charge in [-0.15, -0.1) is 11.8 Å². The van der Waals surface area contributed by atoms with Crippen LogP contribution in [0.5, 0.6) is 0 Å². The van der Waals surface area contributed by atoms with E-state index in [1.54, 1.807) is 0 Å². The summed E-state index contributed by atoms with van der Waals surface area (Å²) in [5.74, 6) is -0.264. The van der Waals surface area contributed by atoms with Crippen LogP contribution in [0.2, 0.25) is 0 Å². The molecule has 1 atom stereocenters. The molecular weight excluding hydrogens is 274 g/mol. The minimum Gasteiger partial charge on any atom is -0.481 e. The highest BCUT2D eigenvalue weighted by Crippen LogP contribution is 2.19. The van der Waals surface area contributed by atoms with Crippen LogP contribution in [0.3, 0.4) is 0 Å². The fourth-order valence-electron chi connectivity index (χ4n) is 1.70. The van der Waals surface area contributed by atoms with Gasteiger partial charge in [0.15, 0.2) is 0 Å². The Kier molecular flexibility index (Phi) is 6.58. The summed E-state index contributed by atoms with van der Waals surface area (Å²) in [6.07, 6.45) is 0.0702. The molecule has 20 heavy (non-hydrogen) atoms. The summed E-state index contributed by atoms with van der Waals surface area (Å²) < 4.78 is 0. The molecule has 1 unspecified atom stereocenters. The number of hydrogen-bond acceptors (Lipinski definition) is 3. The maximum absolute atomic E-state index is 11.8. The molecule has 0 aliphatic rings. The van der Waals surface area contributed by atoms with Crippen LogP contribution in [0.15, 0.2) is 24.3 Å². The van der Waals surface area contributed by atoms with E-state index in [9.17, 15) is 9.59 Å². The highest BCUT2D eigenvalue weighted by atomic mass is 32.2. The molecule has 4 nitrogen and oxygen atoms in total. The van der Waals surface area contributed by atoms with Gasteiger partial charge in [0, 0.05) is 10.9 Å². The third kappa shape index (κ3) is 6.10. The molecule has 0 spiro atoms. The first-order valence-corrected chi connectivity index (χ1v) is 7.66. The number of hydrogen-bond donors (Lipinski definition) is 2. The fraction of sp³-hybridized carbons (Fsp3) is 0.467. The quantitative estimate of drug-likeness (QED) is 0.809. The average Bonchev–Trinajstić information content (AvgIpc) is 2.36. The van der Waals surface area contributed by atoms with Gasteiger partial charge in [0.1, 0.15) is 0 Å². The molecule has 0 saturated heterocycles. The number of rotatable bonds is 7. The maximum atomic E-state index is 11.8. The second kappa shape index (κ2) is 7.94. The normalized spacial score (nSPS) is 12.2. The summed E-state index contributed by atoms with van der Waals surface area (Å²) in [6.45, 7) is 6.01. The fourth-order valence-corrected chi connectivity index (χ4v) is 2.46. The maximum Gasteiger partial charge on any atom is 0.304 e. The number of anilines is 1. The number of carbonyl (C=O) groups excluding carboxylic acids is 1. The highest BCUT2D eigenvalue weighted by molar-refractivity contribution is 8.00. The van der Waals surface area contributed by atoms with Gasteiger partial charge in [0.2, 0.25) is 5.91 Å². The van der Waals surface area contributed by atoms with Crippen molar-refractivity contribution in [2.75, 3.05) is 11.1 Å². The molecule has 1 rings (SSSR count). The van der Waals surface area contributed by atoms with Gasteiger partial charge in [-0.05, 0) is 23.6 Å². The minimum atomic E-state index is -0.838. The lowest BCUT2D eigenvalue weighted by Gasteiger charge is -2.11. The van der Waals surface area contributed by atoms with Crippen LogP contribution in [0.4, 0.5) is 5.69 Å². The zero-order valence-corrected chi connectivity index (χ0v) is 12.9. The lowest BCUT2D eigenvalue weighted by molar-refractivity contribution is -0.136. The van der Waals surface area contributed by atoms with E-state index >= 15 is 0 Å². The predicted octanol–water partition coefficient (Wildman–Crippen LogP) is 3.34. The predicted molar refractivity (Wildman–Crippen MR) is 83.3 cm³/mol. The molecule has 1 amide bonds. The van der Waals surface area contributed by atoms with Crippen molar-refractivity contribution < 1.29 is 14.7 Å². The van der Waals surface area contributed by atoms with Gasteiger partial charge in [0.05, 0.1) is 12.2 Å². The Balaban J connectivity index is 2.46. The first-order chi connectivity index (χ1) is 9.38. The SMILES string of the molecule is CC(CC(=O)O)SCC(=O)Nc1cccc(C(C)C)c1. The summed E-state index contributed by atoms with van der Waals surface area (Å²) in [7, 11) is 0. The van der Waals surface area contributed by atoms with Crippen molar-refractivity contribution in [3.05, 3.63) is 29.8 Å². The Bertz CT molecular complexity index is 474. The van der Waals surface area contributed by atoms with E-state index in [0.29, 0.717) is 5.92 Å². The Morgan fingerprint density at radius 1 is 1.30 bits per heavy atom. The van der Waals surface area contributed by atoms with Gasteiger partial charge >= 0.3 is 5.97 Å². The smallest absolute Gasteiger partial charge is 0.304 e.